The highest BCUT2D eigenvalue weighted by Gasteiger charge is 2.06. The molecule has 0 aliphatic heterocycles. The van der Waals surface area contributed by atoms with E-state index in [0.29, 0.717) is 16.7 Å². The third-order valence-electron chi connectivity index (χ3n) is 2.82. The first-order chi connectivity index (χ1) is 8.21. The lowest BCUT2D eigenvalue weighted by molar-refractivity contribution is 0.415. The summed E-state index contributed by atoms with van der Waals surface area (Å²) in [6.45, 7) is 4.16. The SMILES string of the molecule is CCC(CNC)CNc1ccc(OC)c(Cl)c1. The fraction of sp³-hybridized carbons (Fsp3) is 0.538. The molecule has 1 aromatic carbocycles. The van der Waals surface area contributed by atoms with Crippen molar-refractivity contribution in [1.29, 1.82) is 0 Å². The molecular weight excluding hydrogens is 236 g/mol. The predicted octanol–water partition coefficient (Wildman–Crippen LogP) is 3.01. The van der Waals surface area contributed by atoms with Crippen molar-refractivity contribution in [3.05, 3.63) is 23.2 Å². The maximum absolute atomic E-state index is 6.06. The molecule has 1 aromatic rings. The van der Waals surface area contributed by atoms with Crippen LogP contribution in [0.5, 0.6) is 5.75 Å². The van der Waals surface area contributed by atoms with E-state index in [2.05, 4.69) is 17.6 Å². The summed E-state index contributed by atoms with van der Waals surface area (Å²) in [5, 5.41) is 7.23. The Balaban J connectivity index is 2.54. The van der Waals surface area contributed by atoms with Gasteiger partial charge in [0.05, 0.1) is 12.1 Å². The molecule has 96 valence electrons. The van der Waals surface area contributed by atoms with Gasteiger partial charge >= 0.3 is 0 Å². The first-order valence-electron chi connectivity index (χ1n) is 5.93. The maximum atomic E-state index is 6.06. The zero-order chi connectivity index (χ0) is 12.7. The molecule has 4 heteroatoms. The first kappa shape index (κ1) is 14.1. The van der Waals surface area contributed by atoms with Crippen molar-refractivity contribution in [2.45, 2.75) is 13.3 Å². The van der Waals surface area contributed by atoms with Crippen LogP contribution in [0.2, 0.25) is 5.02 Å². The summed E-state index contributed by atoms with van der Waals surface area (Å²) in [5.74, 6) is 1.33. The Labute approximate surface area is 109 Å². The van der Waals surface area contributed by atoms with Gasteiger partial charge in [0, 0.05) is 12.2 Å². The minimum Gasteiger partial charge on any atom is -0.495 e. The first-order valence-corrected chi connectivity index (χ1v) is 6.31. The molecule has 0 heterocycles. The van der Waals surface area contributed by atoms with Crippen LogP contribution in [0, 0.1) is 5.92 Å². The highest BCUT2D eigenvalue weighted by Crippen LogP contribution is 2.27. The Kier molecular flexibility index (Phi) is 6.16. The summed E-state index contributed by atoms with van der Waals surface area (Å²) in [6, 6.07) is 5.76. The number of rotatable bonds is 7. The van der Waals surface area contributed by atoms with Crippen LogP contribution in [0.3, 0.4) is 0 Å². The maximum Gasteiger partial charge on any atom is 0.137 e. The molecule has 0 aromatic heterocycles. The Hall–Kier alpha value is -0.930. The second-order valence-corrected chi connectivity index (χ2v) is 4.47. The number of anilines is 1. The van der Waals surface area contributed by atoms with Gasteiger partial charge in [0.15, 0.2) is 0 Å². The van der Waals surface area contributed by atoms with E-state index in [9.17, 15) is 0 Å². The topological polar surface area (TPSA) is 33.3 Å². The van der Waals surface area contributed by atoms with Crippen molar-refractivity contribution in [2.75, 3.05) is 32.6 Å². The second-order valence-electron chi connectivity index (χ2n) is 4.06. The summed E-state index contributed by atoms with van der Waals surface area (Å²) in [5.41, 5.74) is 1.03. The number of ether oxygens (including phenoxy) is 1. The molecule has 0 saturated carbocycles. The molecular formula is C13H21ClN2O. The van der Waals surface area contributed by atoms with Gasteiger partial charge in [-0.3, -0.25) is 0 Å². The van der Waals surface area contributed by atoms with Gasteiger partial charge in [0.1, 0.15) is 5.75 Å². The predicted molar refractivity (Wildman–Crippen MR) is 74.2 cm³/mol. The van der Waals surface area contributed by atoms with Crippen LogP contribution in [-0.2, 0) is 0 Å². The van der Waals surface area contributed by atoms with Crippen LogP contribution in [0.1, 0.15) is 13.3 Å². The van der Waals surface area contributed by atoms with Crippen LogP contribution in [-0.4, -0.2) is 27.2 Å². The molecule has 0 aliphatic rings. The summed E-state index contributed by atoms with van der Waals surface area (Å²) < 4.78 is 5.12. The van der Waals surface area contributed by atoms with Crippen molar-refractivity contribution in [3.63, 3.8) is 0 Å². The van der Waals surface area contributed by atoms with Crippen LogP contribution in [0.4, 0.5) is 5.69 Å². The molecule has 2 N–H and O–H groups in total. The molecule has 17 heavy (non-hydrogen) atoms. The van der Waals surface area contributed by atoms with E-state index in [1.165, 1.54) is 0 Å². The molecule has 0 spiro atoms. The normalized spacial score (nSPS) is 12.2. The summed E-state index contributed by atoms with van der Waals surface area (Å²) >= 11 is 6.06. The Morgan fingerprint density at radius 1 is 1.35 bits per heavy atom. The smallest absolute Gasteiger partial charge is 0.137 e. The fourth-order valence-corrected chi connectivity index (χ4v) is 1.95. The highest BCUT2D eigenvalue weighted by molar-refractivity contribution is 6.32. The molecule has 0 saturated heterocycles. The number of benzene rings is 1. The standard InChI is InChI=1S/C13H21ClN2O/c1-4-10(8-15-2)9-16-11-5-6-13(17-3)12(14)7-11/h5-7,10,15-16H,4,8-9H2,1-3H3. The van der Waals surface area contributed by atoms with Crippen LogP contribution in [0.25, 0.3) is 0 Å². The molecule has 0 amide bonds. The summed E-state index contributed by atoms with van der Waals surface area (Å²) in [4.78, 5) is 0. The number of hydrogen-bond donors (Lipinski definition) is 2. The fourth-order valence-electron chi connectivity index (χ4n) is 1.69. The molecule has 1 unspecified atom stereocenters. The molecule has 1 atom stereocenters. The van der Waals surface area contributed by atoms with Gasteiger partial charge in [0.25, 0.3) is 0 Å². The van der Waals surface area contributed by atoms with Crippen LogP contribution in [0.15, 0.2) is 18.2 Å². The average Bonchev–Trinajstić information content (AvgIpc) is 2.34. The summed E-state index contributed by atoms with van der Waals surface area (Å²) in [6.07, 6.45) is 1.15. The molecule has 0 aliphatic carbocycles. The lowest BCUT2D eigenvalue weighted by atomic mass is 10.1. The van der Waals surface area contributed by atoms with E-state index in [4.69, 9.17) is 16.3 Å². The largest absolute Gasteiger partial charge is 0.495 e. The Bertz CT molecular complexity index is 344. The van der Waals surface area contributed by atoms with E-state index in [0.717, 1.165) is 25.2 Å². The molecule has 0 fully saturated rings. The number of methoxy groups -OCH3 is 1. The Morgan fingerprint density at radius 2 is 2.12 bits per heavy atom. The number of nitrogens with one attached hydrogen (secondary N) is 2. The van der Waals surface area contributed by atoms with Gasteiger partial charge in [-0.1, -0.05) is 24.9 Å². The van der Waals surface area contributed by atoms with E-state index in [-0.39, 0.29) is 0 Å². The number of halogens is 1. The van der Waals surface area contributed by atoms with Crippen molar-refractivity contribution in [2.24, 2.45) is 5.92 Å². The van der Waals surface area contributed by atoms with Gasteiger partial charge in [-0.25, -0.2) is 0 Å². The highest BCUT2D eigenvalue weighted by atomic mass is 35.5. The Morgan fingerprint density at radius 3 is 2.65 bits per heavy atom. The lowest BCUT2D eigenvalue weighted by Crippen LogP contribution is -2.24. The van der Waals surface area contributed by atoms with E-state index >= 15 is 0 Å². The molecule has 1 rings (SSSR count). The van der Waals surface area contributed by atoms with E-state index < -0.39 is 0 Å². The van der Waals surface area contributed by atoms with Gasteiger partial charge < -0.3 is 15.4 Å². The summed E-state index contributed by atoms with van der Waals surface area (Å²) in [7, 11) is 3.60. The van der Waals surface area contributed by atoms with Crippen molar-refractivity contribution >= 4 is 17.3 Å². The third kappa shape index (κ3) is 4.44. The minimum absolute atomic E-state index is 0.626. The minimum atomic E-state index is 0.626. The number of hydrogen-bond acceptors (Lipinski definition) is 3. The van der Waals surface area contributed by atoms with Gasteiger partial charge in [0.2, 0.25) is 0 Å². The zero-order valence-corrected chi connectivity index (χ0v) is 11.5. The van der Waals surface area contributed by atoms with Crippen molar-refractivity contribution < 1.29 is 4.74 Å². The van der Waals surface area contributed by atoms with Gasteiger partial charge in [-0.15, -0.1) is 0 Å². The van der Waals surface area contributed by atoms with E-state index in [1.54, 1.807) is 7.11 Å². The van der Waals surface area contributed by atoms with Crippen LogP contribution >= 0.6 is 11.6 Å². The lowest BCUT2D eigenvalue weighted by Gasteiger charge is -2.16. The molecule has 0 radical (unpaired) electrons. The molecule has 3 nitrogen and oxygen atoms in total. The monoisotopic (exact) mass is 256 g/mol. The quantitative estimate of drug-likeness (QED) is 0.787. The van der Waals surface area contributed by atoms with Gasteiger partial charge in [-0.05, 0) is 37.7 Å². The van der Waals surface area contributed by atoms with Crippen molar-refractivity contribution in [3.8, 4) is 5.75 Å². The molecule has 0 bridgehead atoms. The second kappa shape index (κ2) is 7.41. The third-order valence-corrected chi connectivity index (χ3v) is 3.11. The van der Waals surface area contributed by atoms with E-state index in [1.807, 2.05) is 25.2 Å². The zero-order valence-electron chi connectivity index (χ0n) is 10.7. The van der Waals surface area contributed by atoms with Gasteiger partial charge in [-0.2, -0.15) is 0 Å². The van der Waals surface area contributed by atoms with Crippen molar-refractivity contribution in [1.82, 2.24) is 5.32 Å². The average molecular weight is 257 g/mol. The van der Waals surface area contributed by atoms with Crippen LogP contribution < -0.4 is 15.4 Å².